The molecule has 13 nitrogen and oxygen atoms in total. The summed E-state index contributed by atoms with van der Waals surface area (Å²) in [7, 11) is -10.6. The highest BCUT2D eigenvalue weighted by Crippen LogP contribution is 2.38. The molecule has 1 unspecified atom stereocenters. The fourth-order valence-electron chi connectivity index (χ4n) is 0.869. The first-order chi connectivity index (χ1) is 8.74. The van der Waals surface area contributed by atoms with Crippen LogP contribution in [0.15, 0.2) is 0 Å². The maximum atomic E-state index is 10.9. The summed E-state index contributed by atoms with van der Waals surface area (Å²) in [6.45, 7) is 0. The smallest absolute Gasteiger partial charge is 0.387 e. The molecule has 0 saturated carbocycles. The number of aliphatic hydroxyl groups excluding tert-OH is 4. The van der Waals surface area contributed by atoms with Crippen LogP contribution >= 0.6 is 15.6 Å². The van der Waals surface area contributed by atoms with Gasteiger partial charge in [0.05, 0.1) is 0 Å². The molecular formula is C5H12O13P2. The zero-order valence-electron chi connectivity index (χ0n) is 9.32. The molecule has 0 aromatic heterocycles. The van der Waals surface area contributed by atoms with Gasteiger partial charge in [0.1, 0.15) is 12.2 Å². The molecule has 8 N–H and O–H groups in total. The van der Waals surface area contributed by atoms with Crippen molar-refractivity contribution in [1.82, 2.24) is 0 Å². The summed E-state index contributed by atoms with van der Waals surface area (Å²) in [5.41, 5.74) is 0. The molecule has 0 aliphatic rings. The van der Waals surface area contributed by atoms with E-state index in [2.05, 4.69) is 9.05 Å². The molecule has 0 aliphatic heterocycles. The van der Waals surface area contributed by atoms with E-state index in [9.17, 15) is 19.0 Å². The zero-order chi connectivity index (χ0) is 16.3. The Morgan fingerprint density at radius 1 is 0.850 bits per heavy atom. The van der Waals surface area contributed by atoms with Crippen molar-refractivity contribution in [2.75, 3.05) is 0 Å². The third-order valence-electron chi connectivity index (χ3n) is 1.66. The average molecular weight is 342 g/mol. The van der Waals surface area contributed by atoms with Crippen LogP contribution < -0.4 is 0 Å². The third-order valence-corrected chi connectivity index (χ3v) is 2.57. The lowest BCUT2D eigenvalue weighted by molar-refractivity contribution is -0.182. The second-order valence-electron chi connectivity index (χ2n) is 3.31. The van der Waals surface area contributed by atoms with Crippen LogP contribution in [0.4, 0.5) is 0 Å². The standard InChI is InChI=1S/C5H12O13P2/c6-1(2(7)4(9)17-19(11,12)13)3(8)5(10)18-20(14,15)16/h1-4,6-9H,(H2,11,12,13)(H2,14,15,16)/t1-,2-,3+,4?/m0/s1. The molecule has 0 heterocycles. The molecule has 120 valence electrons. The predicted octanol–water partition coefficient (Wildman–Crippen LogP) is -3.87. The topological polar surface area (TPSA) is 232 Å². The average Bonchev–Trinajstić information content (AvgIpc) is 2.21. The van der Waals surface area contributed by atoms with E-state index in [1.807, 2.05) is 0 Å². The molecule has 20 heavy (non-hydrogen) atoms. The van der Waals surface area contributed by atoms with E-state index in [-0.39, 0.29) is 0 Å². The Morgan fingerprint density at radius 3 is 1.65 bits per heavy atom. The summed E-state index contributed by atoms with van der Waals surface area (Å²) >= 11 is 0. The normalized spacial score (nSPS) is 19.0. The minimum absolute atomic E-state index is 2.05. The Balaban J connectivity index is 4.72. The molecule has 0 spiro atoms. The zero-order valence-corrected chi connectivity index (χ0v) is 11.1. The van der Waals surface area contributed by atoms with Crippen LogP contribution in [-0.4, -0.2) is 70.6 Å². The quantitative estimate of drug-likeness (QED) is 0.164. The van der Waals surface area contributed by atoms with E-state index >= 15 is 0 Å². The number of aliphatic hydroxyl groups is 4. The summed E-state index contributed by atoms with van der Waals surface area (Å²) in [4.78, 5) is 44.0. The van der Waals surface area contributed by atoms with Crippen LogP contribution in [0.2, 0.25) is 0 Å². The Bertz CT molecular complexity index is 422. The second kappa shape index (κ2) is 7.02. The summed E-state index contributed by atoms with van der Waals surface area (Å²) in [5, 5.41) is 36.3. The Kier molecular flexibility index (Phi) is 6.87. The van der Waals surface area contributed by atoms with Crippen LogP contribution in [0.3, 0.4) is 0 Å². The first kappa shape index (κ1) is 19.6. The van der Waals surface area contributed by atoms with Crippen LogP contribution in [0.25, 0.3) is 0 Å². The molecule has 0 rings (SSSR count). The van der Waals surface area contributed by atoms with Crippen LogP contribution in [-0.2, 0) is 23.0 Å². The molecule has 15 heteroatoms. The molecule has 0 aromatic carbocycles. The SMILES string of the molecule is O=C(OP(=O)(O)O)[C@H](O)[C@@H](O)[C@H](O)C(O)OP(=O)(O)O. The highest BCUT2D eigenvalue weighted by molar-refractivity contribution is 7.47. The second-order valence-corrected chi connectivity index (χ2v) is 5.67. The molecule has 4 atom stereocenters. The fraction of sp³-hybridized carbons (Fsp3) is 0.800. The Morgan fingerprint density at radius 2 is 1.30 bits per heavy atom. The van der Waals surface area contributed by atoms with Gasteiger partial charge in [0.25, 0.3) is 0 Å². The lowest BCUT2D eigenvalue weighted by Gasteiger charge is -2.25. The minimum atomic E-state index is -5.32. The van der Waals surface area contributed by atoms with Crippen LogP contribution in [0.5, 0.6) is 0 Å². The summed E-state index contributed by atoms with van der Waals surface area (Å²) in [6.07, 6.45) is -10.6. The molecular weight excluding hydrogens is 330 g/mol. The van der Waals surface area contributed by atoms with Gasteiger partial charge in [-0.25, -0.2) is 13.9 Å². The highest BCUT2D eigenvalue weighted by Gasteiger charge is 2.40. The number of carbonyl (C=O) groups excluding carboxylic acids is 1. The molecule has 0 bridgehead atoms. The van der Waals surface area contributed by atoms with E-state index in [0.717, 1.165) is 0 Å². The van der Waals surface area contributed by atoms with Gasteiger partial charge in [-0.15, -0.1) is 0 Å². The van der Waals surface area contributed by atoms with E-state index in [4.69, 9.17) is 34.9 Å². The Hall–Kier alpha value is -0.430. The molecule has 0 aromatic rings. The highest BCUT2D eigenvalue weighted by atomic mass is 31.2. The van der Waals surface area contributed by atoms with Gasteiger partial charge in [0.2, 0.25) is 0 Å². The summed E-state index contributed by atoms with van der Waals surface area (Å²) in [6, 6.07) is 0. The summed E-state index contributed by atoms with van der Waals surface area (Å²) in [5.74, 6) is -2.05. The van der Waals surface area contributed by atoms with Crippen molar-refractivity contribution in [3.05, 3.63) is 0 Å². The van der Waals surface area contributed by atoms with Crippen molar-refractivity contribution in [3.8, 4) is 0 Å². The number of phosphoric acid groups is 2. The largest absolute Gasteiger partial charge is 0.527 e. The maximum Gasteiger partial charge on any atom is 0.527 e. The first-order valence-corrected chi connectivity index (χ1v) is 7.56. The van der Waals surface area contributed by atoms with Gasteiger partial charge in [-0.1, -0.05) is 0 Å². The van der Waals surface area contributed by atoms with Gasteiger partial charge in [0, 0.05) is 0 Å². The third kappa shape index (κ3) is 7.38. The number of phosphoric ester groups is 2. The van der Waals surface area contributed by atoms with Gasteiger partial charge in [-0.05, 0) is 0 Å². The summed E-state index contributed by atoms with van der Waals surface area (Å²) < 4.78 is 27.5. The van der Waals surface area contributed by atoms with Gasteiger partial charge in [-0.3, -0.25) is 14.3 Å². The lowest BCUT2D eigenvalue weighted by atomic mass is 10.1. The van der Waals surface area contributed by atoms with Crippen molar-refractivity contribution in [2.24, 2.45) is 0 Å². The molecule has 0 fully saturated rings. The molecule has 0 radical (unpaired) electrons. The van der Waals surface area contributed by atoms with Crippen molar-refractivity contribution in [2.45, 2.75) is 24.6 Å². The van der Waals surface area contributed by atoms with Crippen molar-refractivity contribution in [1.29, 1.82) is 0 Å². The maximum absolute atomic E-state index is 10.9. The molecule has 0 aliphatic carbocycles. The van der Waals surface area contributed by atoms with Crippen molar-refractivity contribution in [3.63, 3.8) is 0 Å². The molecule has 0 saturated heterocycles. The van der Waals surface area contributed by atoms with Gasteiger partial charge in [0.15, 0.2) is 12.4 Å². The number of hydrogen-bond acceptors (Lipinski definition) is 9. The van der Waals surface area contributed by atoms with Gasteiger partial charge >= 0.3 is 21.6 Å². The van der Waals surface area contributed by atoms with E-state index in [0.29, 0.717) is 0 Å². The van der Waals surface area contributed by atoms with Gasteiger partial charge < -0.3 is 34.7 Å². The van der Waals surface area contributed by atoms with Crippen LogP contribution in [0, 0.1) is 0 Å². The van der Waals surface area contributed by atoms with E-state index < -0.39 is 46.2 Å². The minimum Gasteiger partial charge on any atom is -0.387 e. The lowest BCUT2D eigenvalue weighted by Crippen LogP contribution is -2.48. The monoisotopic (exact) mass is 342 g/mol. The van der Waals surface area contributed by atoms with E-state index in [1.165, 1.54) is 0 Å². The van der Waals surface area contributed by atoms with E-state index in [1.54, 1.807) is 0 Å². The Labute approximate surface area is 110 Å². The fourth-order valence-corrected chi connectivity index (χ4v) is 1.62. The number of hydrogen-bond donors (Lipinski definition) is 8. The number of rotatable bonds is 7. The van der Waals surface area contributed by atoms with Crippen molar-refractivity contribution >= 4 is 21.6 Å². The number of carbonyl (C=O) groups is 1. The first-order valence-electron chi connectivity index (χ1n) is 4.50. The van der Waals surface area contributed by atoms with Crippen molar-refractivity contribution < 1.29 is 63.0 Å². The van der Waals surface area contributed by atoms with Crippen LogP contribution in [0.1, 0.15) is 0 Å². The predicted molar refractivity (Wildman–Crippen MR) is 55.3 cm³/mol. The molecule has 0 amide bonds. The van der Waals surface area contributed by atoms with Gasteiger partial charge in [-0.2, -0.15) is 0 Å².